The molecule has 0 radical (unpaired) electrons. The SMILES string of the molecule is CC/C=C\C/C=C\C/C=C\C/C=C\C/C=C\CCCCCCCCCCCC(=O)OC(COC(=O)CCCCCCCCC/C=C\C/C=C\CCCCC)COC(OCC[N+](C)(C)C)C(=O)[O-]. The Hall–Kier alpha value is -3.53. The molecule has 0 aliphatic rings. The summed E-state index contributed by atoms with van der Waals surface area (Å²) in [5.41, 5.74) is 0. The first kappa shape index (κ1) is 63.5. The van der Waals surface area contributed by atoms with Crippen molar-refractivity contribution in [2.75, 3.05) is 47.5 Å². The average molecular weight is 938 g/mol. The number of carbonyl (C=O) groups excluding carboxylic acids is 3. The smallest absolute Gasteiger partial charge is 0.306 e. The lowest BCUT2D eigenvalue weighted by molar-refractivity contribution is -0.870. The Morgan fingerprint density at radius 1 is 0.463 bits per heavy atom. The molecule has 384 valence electrons. The molecule has 0 bridgehead atoms. The summed E-state index contributed by atoms with van der Waals surface area (Å²) < 4.78 is 22.6. The van der Waals surface area contributed by atoms with E-state index in [1.165, 1.54) is 77.0 Å². The highest BCUT2D eigenvalue weighted by Crippen LogP contribution is 2.14. The number of carbonyl (C=O) groups is 3. The van der Waals surface area contributed by atoms with Gasteiger partial charge in [-0.25, -0.2) is 0 Å². The number of likely N-dealkylation sites (N-methyl/N-ethyl adjacent to an activating group) is 1. The first-order chi connectivity index (χ1) is 32.6. The van der Waals surface area contributed by atoms with Crippen molar-refractivity contribution in [2.24, 2.45) is 0 Å². The number of rotatable bonds is 48. The van der Waals surface area contributed by atoms with Crippen molar-refractivity contribution < 1.29 is 42.9 Å². The maximum atomic E-state index is 12.8. The number of hydrogen-bond donors (Lipinski definition) is 0. The molecular weight excluding hydrogens is 839 g/mol. The van der Waals surface area contributed by atoms with Crippen LogP contribution in [0.2, 0.25) is 0 Å². The zero-order valence-electron chi connectivity index (χ0n) is 43.5. The Bertz CT molecular complexity index is 1370. The molecular formula is C58H99NO8. The van der Waals surface area contributed by atoms with E-state index in [-0.39, 0.29) is 38.6 Å². The van der Waals surface area contributed by atoms with Gasteiger partial charge in [0.2, 0.25) is 0 Å². The molecule has 0 aliphatic carbocycles. The van der Waals surface area contributed by atoms with Crippen LogP contribution in [0, 0.1) is 0 Å². The standard InChI is InChI=1S/C58H99NO8/c1-6-8-10-12-14-16-18-20-22-24-25-26-27-28-29-30-31-33-35-37-39-41-43-45-47-49-56(61)67-54(53-66-58(57(62)63)64-51-50-59(3,4)5)52-65-55(60)48-46-44-42-40-38-36-34-32-23-21-19-17-15-13-11-9-7-2/h8,10,14-17,20-23,25-26,28-29,54,58H,6-7,9,11-13,18-19,24,27,30-53H2,1-5H3/b10-8-,16-14-,17-15-,22-20-,23-21-,26-25-,29-28-. The summed E-state index contributed by atoms with van der Waals surface area (Å²) in [7, 11) is 5.91. The number of aliphatic carboxylic acids is 1. The number of quaternary nitrogens is 1. The Morgan fingerprint density at radius 2 is 0.851 bits per heavy atom. The largest absolute Gasteiger partial charge is 0.545 e. The van der Waals surface area contributed by atoms with Crippen LogP contribution in [0.25, 0.3) is 0 Å². The first-order valence-corrected chi connectivity index (χ1v) is 26.7. The number of carboxylic acid groups (broad SMARTS) is 1. The summed E-state index contributed by atoms with van der Waals surface area (Å²) in [6.07, 6.45) is 60.4. The predicted molar refractivity (Wildman–Crippen MR) is 278 cm³/mol. The molecule has 0 amide bonds. The topological polar surface area (TPSA) is 111 Å². The minimum Gasteiger partial charge on any atom is -0.545 e. The number of carboxylic acids is 1. The van der Waals surface area contributed by atoms with Crippen LogP contribution in [0.15, 0.2) is 85.1 Å². The summed E-state index contributed by atoms with van der Waals surface area (Å²) in [6, 6.07) is 0. The summed E-state index contributed by atoms with van der Waals surface area (Å²) in [4.78, 5) is 37.2. The van der Waals surface area contributed by atoms with Gasteiger partial charge in [0.15, 0.2) is 12.4 Å². The fraction of sp³-hybridized carbons (Fsp3) is 0.707. The van der Waals surface area contributed by atoms with Crippen molar-refractivity contribution in [1.29, 1.82) is 0 Å². The number of nitrogens with zero attached hydrogens (tertiary/aromatic N) is 1. The van der Waals surface area contributed by atoms with E-state index in [0.717, 1.165) is 96.3 Å². The molecule has 2 unspecified atom stereocenters. The van der Waals surface area contributed by atoms with E-state index in [9.17, 15) is 19.5 Å². The Kier molecular flexibility index (Phi) is 46.3. The van der Waals surface area contributed by atoms with E-state index in [4.69, 9.17) is 18.9 Å². The third-order valence-corrected chi connectivity index (χ3v) is 11.1. The van der Waals surface area contributed by atoms with Gasteiger partial charge in [-0.15, -0.1) is 0 Å². The van der Waals surface area contributed by atoms with E-state index in [0.29, 0.717) is 17.4 Å². The average Bonchev–Trinajstić information content (AvgIpc) is 3.29. The highest BCUT2D eigenvalue weighted by molar-refractivity contribution is 5.70. The number of allylic oxidation sites excluding steroid dienone is 14. The van der Waals surface area contributed by atoms with Crippen molar-refractivity contribution in [2.45, 2.75) is 219 Å². The molecule has 9 heteroatoms. The van der Waals surface area contributed by atoms with Crippen molar-refractivity contribution in [3.63, 3.8) is 0 Å². The van der Waals surface area contributed by atoms with E-state index in [1.807, 2.05) is 21.1 Å². The summed E-state index contributed by atoms with van der Waals surface area (Å²) >= 11 is 0. The molecule has 0 aromatic carbocycles. The van der Waals surface area contributed by atoms with Crippen molar-refractivity contribution in [3.05, 3.63) is 85.1 Å². The van der Waals surface area contributed by atoms with Gasteiger partial charge in [0.1, 0.15) is 13.2 Å². The van der Waals surface area contributed by atoms with Gasteiger partial charge >= 0.3 is 11.9 Å². The lowest BCUT2D eigenvalue weighted by atomic mass is 10.1. The van der Waals surface area contributed by atoms with Crippen molar-refractivity contribution in [1.82, 2.24) is 0 Å². The molecule has 9 nitrogen and oxygen atoms in total. The van der Waals surface area contributed by atoms with Crippen molar-refractivity contribution in [3.8, 4) is 0 Å². The molecule has 67 heavy (non-hydrogen) atoms. The fourth-order valence-corrected chi connectivity index (χ4v) is 7.00. The summed E-state index contributed by atoms with van der Waals surface area (Å²) in [6.45, 7) is 4.58. The quantitative estimate of drug-likeness (QED) is 0.0195. The third kappa shape index (κ3) is 50.2. The zero-order chi connectivity index (χ0) is 49.2. The van der Waals surface area contributed by atoms with Crippen LogP contribution >= 0.6 is 0 Å². The summed E-state index contributed by atoms with van der Waals surface area (Å²) in [5.74, 6) is -2.31. The van der Waals surface area contributed by atoms with Crippen molar-refractivity contribution >= 4 is 17.9 Å². The van der Waals surface area contributed by atoms with Gasteiger partial charge in [-0.1, -0.05) is 189 Å². The van der Waals surface area contributed by atoms with Crippen LogP contribution in [0.1, 0.15) is 206 Å². The molecule has 0 spiro atoms. The molecule has 0 fully saturated rings. The highest BCUT2D eigenvalue weighted by Gasteiger charge is 2.22. The van der Waals surface area contributed by atoms with Gasteiger partial charge < -0.3 is 33.3 Å². The number of unbranched alkanes of at least 4 members (excludes halogenated alkanes) is 19. The van der Waals surface area contributed by atoms with Crippen LogP contribution in [-0.2, 0) is 33.3 Å². The van der Waals surface area contributed by atoms with E-state index in [1.54, 1.807) is 0 Å². The van der Waals surface area contributed by atoms with Gasteiger partial charge in [0.05, 0.1) is 40.3 Å². The molecule has 2 atom stereocenters. The van der Waals surface area contributed by atoms with E-state index in [2.05, 4.69) is 98.9 Å². The monoisotopic (exact) mass is 938 g/mol. The normalized spacial score (nSPS) is 13.5. The second kappa shape index (κ2) is 48.9. The van der Waals surface area contributed by atoms with E-state index >= 15 is 0 Å². The van der Waals surface area contributed by atoms with Crippen LogP contribution in [-0.4, -0.2) is 82.3 Å². The number of ether oxygens (including phenoxy) is 4. The van der Waals surface area contributed by atoms with Gasteiger partial charge in [-0.3, -0.25) is 9.59 Å². The molecule has 0 aliphatic heterocycles. The van der Waals surface area contributed by atoms with Crippen LogP contribution < -0.4 is 5.11 Å². The molecule has 0 saturated carbocycles. The van der Waals surface area contributed by atoms with Gasteiger partial charge in [-0.05, 0) is 89.9 Å². The second-order valence-corrected chi connectivity index (χ2v) is 18.8. The zero-order valence-corrected chi connectivity index (χ0v) is 43.5. The minimum atomic E-state index is -1.63. The third-order valence-electron chi connectivity index (χ3n) is 11.1. The van der Waals surface area contributed by atoms with Gasteiger partial charge in [0.25, 0.3) is 0 Å². The number of esters is 2. The van der Waals surface area contributed by atoms with Gasteiger partial charge in [-0.2, -0.15) is 0 Å². The van der Waals surface area contributed by atoms with E-state index < -0.39 is 24.3 Å². The number of hydrogen-bond acceptors (Lipinski definition) is 8. The molecule has 0 N–H and O–H groups in total. The second-order valence-electron chi connectivity index (χ2n) is 18.8. The minimum absolute atomic E-state index is 0.141. The molecule has 0 aromatic rings. The first-order valence-electron chi connectivity index (χ1n) is 26.7. The summed E-state index contributed by atoms with van der Waals surface area (Å²) in [5, 5.41) is 11.7. The molecule has 0 heterocycles. The lowest BCUT2D eigenvalue weighted by Gasteiger charge is -2.26. The highest BCUT2D eigenvalue weighted by atomic mass is 16.7. The van der Waals surface area contributed by atoms with Crippen LogP contribution in [0.4, 0.5) is 0 Å². The molecule has 0 rings (SSSR count). The Labute approximate surface area is 410 Å². The maximum absolute atomic E-state index is 12.8. The van der Waals surface area contributed by atoms with Gasteiger partial charge in [0, 0.05) is 12.8 Å². The lowest BCUT2D eigenvalue weighted by Crippen LogP contribution is -2.44. The maximum Gasteiger partial charge on any atom is 0.306 e. The van der Waals surface area contributed by atoms with Crippen LogP contribution in [0.5, 0.6) is 0 Å². The fourth-order valence-electron chi connectivity index (χ4n) is 7.00. The molecule has 0 saturated heterocycles. The predicted octanol–water partition coefficient (Wildman–Crippen LogP) is 13.9. The molecule has 0 aromatic heterocycles. The Morgan fingerprint density at radius 3 is 1.27 bits per heavy atom. The van der Waals surface area contributed by atoms with Crippen LogP contribution in [0.3, 0.4) is 0 Å². The Balaban J connectivity index is 4.34.